The van der Waals surface area contributed by atoms with Crippen molar-refractivity contribution in [2.75, 3.05) is 4.90 Å². The molecule has 1 heterocycles. The zero-order valence-electron chi connectivity index (χ0n) is 17.4. The van der Waals surface area contributed by atoms with Crippen molar-refractivity contribution < 1.29 is 14.7 Å². The van der Waals surface area contributed by atoms with Crippen LogP contribution in [0.3, 0.4) is 0 Å². The minimum absolute atomic E-state index is 0.00977. The van der Waals surface area contributed by atoms with Gasteiger partial charge in [-0.3, -0.25) is 9.69 Å². The number of anilines is 1. The Bertz CT molecular complexity index is 705. The van der Waals surface area contributed by atoms with Gasteiger partial charge in [-0.2, -0.15) is 0 Å². The van der Waals surface area contributed by atoms with E-state index in [4.69, 9.17) is 0 Å². The maximum atomic E-state index is 13.2. The van der Waals surface area contributed by atoms with Crippen LogP contribution in [0, 0.1) is 17.3 Å². The van der Waals surface area contributed by atoms with Crippen LogP contribution < -0.4 is 4.90 Å². The zero-order valence-corrected chi connectivity index (χ0v) is 17.4. The average molecular weight is 376 g/mol. The molecule has 0 saturated heterocycles. The fraction of sp³-hybridized carbons (Fsp3) is 0.667. The SMILES string of the molecule is CC1CCC(C(=O)N(c2nn(/C=C/C(C)(C)C)cc2C(=O)O)C(C)C)CC1. The molecule has 0 aliphatic heterocycles. The molecule has 1 aliphatic carbocycles. The molecule has 150 valence electrons. The predicted octanol–water partition coefficient (Wildman–Crippen LogP) is 4.67. The normalized spacial score (nSPS) is 21.0. The minimum Gasteiger partial charge on any atom is -0.477 e. The van der Waals surface area contributed by atoms with Crippen LogP contribution in [0.2, 0.25) is 0 Å². The first-order valence-electron chi connectivity index (χ1n) is 9.84. The summed E-state index contributed by atoms with van der Waals surface area (Å²) >= 11 is 0. The number of rotatable bonds is 5. The van der Waals surface area contributed by atoms with Gasteiger partial charge < -0.3 is 5.11 Å². The molecule has 1 aliphatic rings. The molecule has 27 heavy (non-hydrogen) atoms. The molecule has 1 saturated carbocycles. The van der Waals surface area contributed by atoms with E-state index in [0.717, 1.165) is 25.7 Å². The highest BCUT2D eigenvalue weighted by Crippen LogP contribution is 2.32. The summed E-state index contributed by atoms with van der Waals surface area (Å²) in [7, 11) is 0. The molecule has 0 unspecified atom stereocenters. The van der Waals surface area contributed by atoms with E-state index in [1.807, 2.05) is 19.9 Å². The number of aromatic nitrogens is 2. The van der Waals surface area contributed by atoms with Crippen LogP contribution in [0.25, 0.3) is 6.20 Å². The summed E-state index contributed by atoms with van der Waals surface area (Å²) in [5, 5.41) is 14.1. The number of carbonyl (C=O) groups is 2. The lowest BCUT2D eigenvalue weighted by atomic mass is 9.82. The lowest BCUT2D eigenvalue weighted by Gasteiger charge is -2.32. The largest absolute Gasteiger partial charge is 0.477 e. The molecule has 2 rings (SSSR count). The minimum atomic E-state index is -1.07. The first-order chi connectivity index (χ1) is 12.5. The highest BCUT2D eigenvalue weighted by atomic mass is 16.4. The summed E-state index contributed by atoms with van der Waals surface area (Å²) < 4.78 is 1.50. The number of amides is 1. The molecule has 0 spiro atoms. The smallest absolute Gasteiger partial charge is 0.341 e. The fourth-order valence-corrected chi connectivity index (χ4v) is 3.39. The Morgan fingerprint density at radius 1 is 1.26 bits per heavy atom. The summed E-state index contributed by atoms with van der Waals surface area (Å²) in [6.07, 6.45) is 8.98. The lowest BCUT2D eigenvalue weighted by Crippen LogP contribution is -2.43. The molecule has 0 radical (unpaired) electrons. The van der Waals surface area contributed by atoms with Crippen LogP contribution in [0.4, 0.5) is 5.82 Å². The highest BCUT2D eigenvalue weighted by Gasteiger charge is 2.33. The number of carbonyl (C=O) groups excluding carboxylic acids is 1. The van der Waals surface area contributed by atoms with Gasteiger partial charge in [0.25, 0.3) is 0 Å². The first kappa shape index (κ1) is 21.2. The van der Waals surface area contributed by atoms with Crippen LogP contribution in [-0.2, 0) is 4.79 Å². The molecule has 6 heteroatoms. The summed E-state index contributed by atoms with van der Waals surface area (Å²) in [6, 6.07) is -0.162. The molecule has 1 fully saturated rings. The van der Waals surface area contributed by atoms with E-state index in [9.17, 15) is 14.7 Å². The molecular weight excluding hydrogens is 342 g/mol. The van der Waals surface area contributed by atoms with Gasteiger partial charge in [0.05, 0.1) is 0 Å². The van der Waals surface area contributed by atoms with Crippen molar-refractivity contribution >= 4 is 23.9 Å². The number of carboxylic acids is 1. The van der Waals surface area contributed by atoms with Gasteiger partial charge in [0.2, 0.25) is 5.91 Å². The lowest BCUT2D eigenvalue weighted by molar-refractivity contribution is -0.123. The Morgan fingerprint density at radius 2 is 1.85 bits per heavy atom. The molecule has 1 aromatic heterocycles. The van der Waals surface area contributed by atoms with Gasteiger partial charge in [-0.15, -0.1) is 5.10 Å². The highest BCUT2D eigenvalue weighted by molar-refractivity contribution is 6.01. The fourth-order valence-electron chi connectivity index (χ4n) is 3.39. The van der Waals surface area contributed by atoms with Crippen LogP contribution in [0.15, 0.2) is 12.3 Å². The Balaban J connectivity index is 2.38. The second-order valence-corrected chi connectivity index (χ2v) is 9.09. The standard InChI is InChI=1S/C21H33N3O3/c1-14(2)24(19(25)16-9-7-15(3)8-10-16)18-17(20(26)27)13-23(22-18)12-11-21(4,5)6/h11-16H,7-10H2,1-6H3,(H,26,27)/b12-11+. The first-order valence-corrected chi connectivity index (χ1v) is 9.84. The van der Waals surface area contributed by atoms with E-state index >= 15 is 0 Å². The number of nitrogens with zero attached hydrogens (tertiary/aromatic N) is 3. The van der Waals surface area contributed by atoms with E-state index in [1.165, 1.54) is 10.9 Å². The van der Waals surface area contributed by atoms with Crippen LogP contribution >= 0.6 is 0 Å². The van der Waals surface area contributed by atoms with Gasteiger partial charge in [0.1, 0.15) is 5.56 Å². The molecular formula is C21H33N3O3. The van der Waals surface area contributed by atoms with Gasteiger partial charge in [-0.1, -0.05) is 33.8 Å². The Hall–Kier alpha value is -2.11. The zero-order chi connectivity index (χ0) is 20.4. The van der Waals surface area contributed by atoms with Crippen LogP contribution in [0.1, 0.15) is 77.6 Å². The summed E-state index contributed by atoms with van der Waals surface area (Å²) in [5.41, 5.74) is 0.00163. The van der Waals surface area contributed by atoms with Gasteiger partial charge >= 0.3 is 5.97 Å². The summed E-state index contributed by atoms with van der Waals surface area (Å²) in [4.78, 5) is 26.6. The number of hydrogen-bond acceptors (Lipinski definition) is 3. The number of carboxylic acid groups (broad SMARTS) is 1. The number of aromatic carboxylic acids is 1. The van der Waals surface area contributed by atoms with Gasteiger partial charge in [0.15, 0.2) is 5.82 Å². The van der Waals surface area contributed by atoms with E-state index < -0.39 is 5.97 Å². The van der Waals surface area contributed by atoms with E-state index in [-0.39, 0.29) is 34.7 Å². The van der Waals surface area contributed by atoms with Gasteiger partial charge in [0, 0.05) is 24.4 Å². The summed E-state index contributed by atoms with van der Waals surface area (Å²) in [5.74, 6) is -0.251. The molecule has 1 aromatic rings. The van der Waals surface area contributed by atoms with Crippen LogP contribution in [0.5, 0.6) is 0 Å². The molecule has 1 N–H and O–H groups in total. The third-order valence-corrected chi connectivity index (χ3v) is 5.02. The molecule has 0 atom stereocenters. The van der Waals surface area contributed by atoms with Crippen molar-refractivity contribution in [3.63, 3.8) is 0 Å². The van der Waals surface area contributed by atoms with Crippen molar-refractivity contribution in [1.29, 1.82) is 0 Å². The Kier molecular flexibility index (Phi) is 6.50. The second-order valence-electron chi connectivity index (χ2n) is 9.09. The van der Waals surface area contributed by atoms with Gasteiger partial charge in [-0.25, -0.2) is 9.48 Å². The molecule has 1 amide bonds. The molecule has 0 bridgehead atoms. The third kappa shape index (κ3) is 5.44. The van der Waals surface area contributed by atoms with E-state index in [0.29, 0.717) is 5.92 Å². The Morgan fingerprint density at radius 3 is 2.33 bits per heavy atom. The number of hydrogen-bond donors (Lipinski definition) is 1. The van der Waals surface area contributed by atoms with E-state index in [1.54, 1.807) is 11.1 Å². The van der Waals surface area contributed by atoms with Crippen molar-refractivity contribution in [2.45, 2.75) is 73.3 Å². The van der Waals surface area contributed by atoms with Crippen LogP contribution in [-0.4, -0.2) is 32.8 Å². The van der Waals surface area contributed by atoms with E-state index in [2.05, 4.69) is 32.8 Å². The van der Waals surface area contributed by atoms with Crippen molar-refractivity contribution in [3.05, 3.63) is 17.8 Å². The summed E-state index contributed by atoms with van der Waals surface area (Å²) in [6.45, 7) is 12.2. The maximum absolute atomic E-state index is 13.2. The van der Waals surface area contributed by atoms with Crippen molar-refractivity contribution in [3.8, 4) is 0 Å². The second kappa shape index (κ2) is 8.28. The quantitative estimate of drug-likeness (QED) is 0.812. The topological polar surface area (TPSA) is 75.4 Å². The Labute approximate surface area is 162 Å². The number of allylic oxidation sites excluding steroid dienone is 1. The molecule has 0 aromatic carbocycles. The predicted molar refractivity (Wildman–Crippen MR) is 108 cm³/mol. The average Bonchev–Trinajstić information content (AvgIpc) is 2.97. The third-order valence-electron chi connectivity index (χ3n) is 5.02. The molecule has 6 nitrogen and oxygen atoms in total. The monoisotopic (exact) mass is 375 g/mol. The van der Waals surface area contributed by atoms with Crippen molar-refractivity contribution in [2.24, 2.45) is 17.3 Å². The maximum Gasteiger partial charge on any atom is 0.341 e. The van der Waals surface area contributed by atoms with Gasteiger partial charge in [-0.05, 0) is 50.9 Å². The van der Waals surface area contributed by atoms with Crippen molar-refractivity contribution in [1.82, 2.24) is 9.78 Å².